The van der Waals surface area contributed by atoms with Gasteiger partial charge in [-0.3, -0.25) is 4.79 Å². The zero-order chi connectivity index (χ0) is 17.1. The molecule has 0 radical (unpaired) electrons. The minimum atomic E-state index is -0.268. The zero-order valence-electron chi connectivity index (χ0n) is 13.6. The van der Waals surface area contributed by atoms with Crippen LogP contribution in [0.15, 0.2) is 42.5 Å². The summed E-state index contributed by atoms with van der Waals surface area (Å²) in [5.41, 5.74) is 8.44. The van der Waals surface area contributed by atoms with Crippen LogP contribution in [0.3, 0.4) is 0 Å². The fourth-order valence-electron chi connectivity index (χ4n) is 2.85. The maximum atomic E-state index is 13.3. The second-order valence-electron chi connectivity index (χ2n) is 5.84. The summed E-state index contributed by atoms with van der Waals surface area (Å²) in [7, 11) is 1.60. The van der Waals surface area contributed by atoms with Crippen LogP contribution < -0.4 is 20.9 Å². The molecule has 5 nitrogen and oxygen atoms in total. The van der Waals surface area contributed by atoms with Crippen LogP contribution in [-0.4, -0.2) is 19.2 Å². The highest BCUT2D eigenvalue weighted by molar-refractivity contribution is 5.94. The summed E-state index contributed by atoms with van der Waals surface area (Å²) in [4.78, 5) is 12.4. The fraction of sp³-hybridized carbons (Fsp3) is 0.278. The maximum absolute atomic E-state index is 13.3. The van der Waals surface area contributed by atoms with Crippen LogP contribution in [0.1, 0.15) is 33.9 Å². The van der Waals surface area contributed by atoms with E-state index in [1.807, 2.05) is 13.0 Å². The standard InChI is InChI=1S/C18H20FN3O2/c1-11-8-13(6-7-16(11)24-2)18(23)20-17-10-15(21-22-17)12-4-3-5-14(19)9-12/h3-9,15,17,21-22H,10H2,1-2H3,(H,20,23). The summed E-state index contributed by atoms with van der Waals surface area (Å²) < 4.78 is 18.5. The van der Waals surface area contributed by atoms with Crippen molar-refractivity contribution in [1.29, 1.82) is 0 Å². The number of hydrazine groups is 1. The minimum Gasteiger partial charge on any atom is -0.496 e. The molecule has 1 saturated heterocycles. The molecule has 126 valence electrons. The van der Waals surface area contributed by atoms with Gasteiger partial charge in [-0.2, -0.15) is 0 Å². The van der Waals surface area contributed by atoms with Gasteiger partial charge >= 0.3 is 0 Å². The van der Waals surface area contributed by atoms with Crippen molar-refractivity contribution in [2.24, 2.45) is 0 Å². The third-order valence-corrected chi connectivity index (χ3v) is 4.12. The molecule has 2 unspecified atom stereocenters. The average Bonchev–Trinajstić information content (AvgIpc) is 3.03. The topological polar surface area (TPSA) is 62.4 Å². The van der Waals surface area contributed by atoms with Crippen LogP contribution in [0.25, 0.3) is 0 Å². The van der Waals surface area contributed by atoms with Crippen LogP contribution in [0, 0.1) is 12.7 Å². The van der Waals surface area contributed by atoms with E-state index >= 15 is 0 Å². The molecule has 2 aromatic carbocycles. The molecule has 0 spiro atoms. The molecule has 6 heteroatoms. The van der Waals surface area contributed by atoms with Gasteiger partial charge in [0, 0.05) is 18.0 Å². The second kappa shape index (κ2) is 6.98. The summed E-state index contributed by atoms with van der Waals surface area (Å²) in [5, 5.41) is 2.93. The average molecular weight is 329 g/mol. The van der Waals surface area contributed by atoms with Crippen molar-refractivity contribution < 1.29 is 13.9 Å². The first-order valence-corrected chi connectivity index (χ1v) is 7.79. The molecule has 3 N–H and O–H groups in total. The van der Waals surface area contributed by atoms with Crippen molar-refractivity contribution in [2.75, 3.05) is 7.11 Å². The molecule has 24 heavy (non-hydrogen) atoms. The van der Waals surface area contributed by atoms with Gasteiger partial charge in [-0.05, 0) is 48.4 Å². The first-order valence-electron chi connectivity index (χ1n) is 7.79. The first-order chi connectivity index (χ1) is 11.6. The Bertz CT molecular complexity index is 751. The van der Waals surface area contributed by atoms with Gasteiger partial charge in [-0.1, -0.05) is 12.1 Å². The Morgan fingerprint density at radius 3 is 2.79 bits per heavy atom. The van der Waals surface area contributed by atoms with Crippen molar-refractivity contribution in [3.8, 4) is 5.75 Å². The number of halogens is 1. The molecule has 2 atom stereocenters. The monoisotopic (exact) mass is 329 g/mol. The number of methoxy groups -OCH3 is 1. The van der Waals surface area contributed by atoms with E-state index in [-0.39, 0.29) is 23.9 Å². The number of ether oxygens (including phenoxy) is 1. The Morgan fingerprint density at radius 1 is 1.25 bits per heavy atom. The summed E-state index contributed by atoms with van der Waals surface area (Å²) in [6.07, 6.45) is 0.401. The molecule has 3 rings (SSSR count). The van der Waals surface area contributed by atoms with E-state index in [1.54, 1.807) is 31.4 Å². The van der Waals surface area contributed by atoms with Crippen LogP contribution in [0.4, 0.5) is 4.39 Å². The van der Waals surface area contributed by atoms with Gasteiger partial charge in [0.25, 0.3) is 5.91 Å². The molecule has 1 heterocycles. The summed E-state index contributed by atoms with van der Waals surface area (Å²) in [6.45, 7) is 1.89. The molecule has 0 aromatic heterocycles. The number of rotatable bonds is 4. The Labute approximate surface area is 140 Å². The lowest BCUT2D eigenvalue weighted by Crippen LogP contribution is -2.44. The number of amides is 1. The second-order valence-corrected chi connectivity index (χ2v) is 5.84. The molecule has 1 amide bonds. The number of nitrogens with one attached hydrogen (secondary N) is 3. The van der Waals surface area contributed by atoms with E-state index in [0.29, 0.717) is 12.0 Å². The number of hydrogen-bond acceptors (Lipinski definition) is 4. The zero-order valence-corrected chi connectivity index (χ0v) is 13.6. The summed E-state index contributed by atoms with van der Waals surface area (Å²) >= 11 is 0. The molecular formula is C18H20FN3O2. The Hall–Kier alpha value is -2.44. The van der Waals surface area contributed by atoms with Crippen LogP contribution in [-0.2, 0) is 0 Å². The van der Waals surface area contributed by atoms with Gasteiger partial charge in [0.05, 0.1) is 13.3 Å². The maximum Gasteiger partial charge on any atom is 0.252 e. The highest BCUT2D eigenvalue weighted by Gasteiger charge is 2.26. The normalized spacial score (nSPS) is 20.0. The molecule has 1 aliphatic heterocycles. The van der Waals surface area contributed by atoms with E-state index in [9.17, 15) is 9.18 Å². The lowest BCUT2D eigenvalue weighted by Gasteiger charge is -2.13. The minimum absolute atomic E-state index is 0.0522. The third kappa shape index (κ3) is 3.55. The molecule has 0 saturated carbocycles. The highest BCUT2D eigenvalue weighted by Crippen LogP contribution is 2.22. The van der Waals surface area contributed by atoms with Crippen molar-refractivity contribution in [1.82, 2.24) is 16.2 Å². The van der Waals surface area contributed by atoms with E-state index in [1.165, 1.54) is 12.1 Å². The number of hydrogen-bond donors (Lipinski definition) is 3. The van der Waals surface area contributed by atoms with Gasteiger partial charge < -0.3 is 10.1 Å². The lowest BCUT2D eigenvalue weighted by molar-refractivity contribution is 0.0932. The molecule has 0 aliphatic carbocycles. The van der Waals surface area contributed by atoms with E-state index in [2.05, 4.69) is 16.2 Å². The fourth-order valence-corrected chi connectivity index (χ4v) is 2.85. The molecular weight excluding hydrogens is 309 g/mol. The first kappa shape index (κ1) is 16.4. The Kier molecular flexibility index (Phi) is 4.78. The molecule has 1 aliphatic rings. The van der Waals surface area contributed by atoms with Gasteiger partial charge in [0.2, 0.25) is 0 Å². The predicted molar refractivity (Wildman–Crippen MR) is 89.0 cm³/mol. The van der Waals surface area contributed by atoms with Crippen molar-refractivity contribution in [3.05, 3.63) is 65.0 Å². The molecule has 1 fully saturated rings. The van der Waals surface area contributed by atoms with E-state index in [0.717, 1.165) is 16.9 Å². The van der Waals surface area contributed by atoms with Crippen LogP contribution in [0.2, 0.25) is 0 Å². The Balaban J connectivity index is 1.63. The van der Waals surface area contributed by atoms with Crippen LogP contribution >= 0.6 is 0 Å². The summed E-state index contributed by atoms with van der Waals surface area (Å²) in [5.74, 6) is 0.314. The summed E-state index contributed by atoms with van der Waals surface area (Å²) in [6, 6.07) is 11.7. The smallest absolute Gasteiger partial charge is 0.252 e. The molecule has 0 bridgehead atoms. The van der Waals surface area contributed by atoms with Gasteiger partial charge in [0.1, 0.15) is 11.6 Å². The van der Waals surface area contributed by atoms with Crippen molar-refractivity contribution >= 4 is 5.91 Å². The highest BCUT2D eigenvalue weighted by atomic mass is 19.1. The van der Waals surface area contributed by atoms with Gasteiger partial charge in [0.15, 0.2) is 0 Å². The van der Waals surface area contributed by atoms with Gasteiger partial charge in [-0.15, -0.1) is 0 Å². The van der Waals surface area contributed by atoms with Crippen molar-refractivity contribution in [2.45, 2.75) is 25.6 Å². The Morgan fingerprint density at radius 2 is 2.08 bits per heavy atom. The SMILES string of the molecule is COc1ccc(C(=O)NC2CC(c3cccc(F)c3)NN2)cc1C. The van der Waals surface area contributed by atoms with E-state index < -0.39 is 0 Å². The largest absolute Gasteiger partial charge is 0.496 e. The van der Waals surface area contributed by atoms with Crippen molar-refractivity contribution in [3.63, 3.8) is 0 Å². The quantitative estimate of drug-likeness (QED) is 0.806. The van der Waals surface area contributed by atoms with Crippen LogP contribution in [0.5, 0.6) is 5.75 Å². The van der Waals surface area contributed by atoms with Gasteiger partial charge in [-0.25, -0.2) is 15.2 Å². The number of carbonyl (C=O) groups excluding carboxylic acids is 1. The third-order valence-electron chi connectivity index (χ3n) is 4.12. The lowest BCUT2D eigenvalue weighted by atomic mass is 10.0. The number of carbonyl (C=O) groups is 1. The number of benzene rings is 2. The number of aryl methyl sites for hydroxylation is 1. The predicted octanol–water partition coefficient (Wildman–Crippen LogP) is 2.44. The molecule has 2 aromatic rings. The van der Waals surface area contributed by atoms with E-state index in [4.69, 9.17) is 4.74 Å².